The summed E-state index contributed by atoms with van der Waals surface area (Å²) in [6.45, 7) is 6.34. The summed E-state index contributed by atoms with van der Waals surface area (Å²) in [5, 5.41) is 6.77. The van der Waals surface area contributed by atoms with Crippen molar-refractivity contribution in [2.45, 2.75) is 26.4 Å². The van der Waals surface area contributed by atoms with Crippen LogP contribution in [0.25, 0.3) is 0 Å². The van der Waals surface area contributed by atoms with Gasteiger partial charge >= 0.3 is 0 Å². The van der Waals surface area contributed by atoms with Crippen LogP contribution in [0.1, 0.15) is 20.3 Å². The number of ether oxygens (including phenoxy) is 2. The Morgan fingerprint density at radius 3 is 2.59 bits per heavy atom. The van der Waals surface area contributed by atoms with Gasteiger partial charge in [-0.3, -0.25) is 9.59 Å². The van der Waals surface area contributed by atoms with Crippen LogP contribution < -0.4 is 10.1 Å². The molecule has 0 radical (unpaired) electrons. The number of hydrogen-bond donors (Lipinski definition) is 1. The molecule has 1 N–H and O–H groups in total. The predicted molar refractivity (Wildman–Crippen MR) is 99.7 cm³/mol. The molecule has 2 heterocycles. The van der Waals surface area contributed by atoms with Crippen molar-refractivity contribution in [3.63, 3.8) is 0 Å². The van der Waals surface area contributed by atoms with Gasteiger partial charge in [0.15, 0.2) is 6.61 Å². The van der Waals surface area contributed by atoms with E-state index >= 15 is 0 Å². The molecule has 0 bridgehead atoms. The van der Waals surface area contributed by atoms with Crippen LogP contribution in [-0.4, -0.2) is 61.4 Å². The quantitative estimate of drug-likeness (QED) is 0.817. The van der Waals surface area contributed by atoms with Crippen molar-refractivity contribution in [2.75, 3.05) is 38.2 Å². The molecule has 8 nitrogen and oxygen atoms in total. The largest absolute Gasteiger partial charge is 0.484 e. The van der Waals surface area contributed by atoms with Crippen molar-refractivity contribution >= 4 is 23.2 Å². The van der Waals surface area contributed by atoms with E-state index < -0.39 is 6.10 Å². The Labute approximate surface area is 158 Å². The third-order valence-corrected chi connectivity index (χ3v) is 4.50. The number of hydrogen-bond acceptors (Lipinski definition) is 6. The highest BCUT2D eigenvalue weighted by Gasteiger charge is 2.29. The van der Waals surface area contributed by atoms with E-state index in [1.165, 1.54) is 0 Å². The summed E-state index contributed by atoms with van der Waals surface area (Å²) in [5.41, 5.74) is 1.53. The van der Waals surface area contributed by atoms with Crippen LogP contribution in [0.3, 0.4) is 0 Å². The molecule has 2 aliphatic heterocycles. The van der Waals surface area contributed by atoms with Gasteiger partial charge in [0.05, 0.1) is 18.9 Å². The summed E-state index contributed by atoms with van der Waals surface area (Å²) < 4.78 is 10.8. The zero-order chi connectivity index (χ0) is 19.2. The van der Waals surface area contributed by atoms with E-state index in [0.717, 1.165) is 5.71 Å². The van der Waals surface area contributed by atoms with Crippen LogP contribution in [0.4, 0.5) is 5.69 Å². The summed E-state index contributed by atoms with van der Waals surface area (Å²) in [5.74, 6) is 0.539. The summed E-state index contributed by atoms with van der Waals surface area (Å²) in [4.78, 5) is 31.3. The lowest BCUT2D eigenvalue weighted by molar-refractivity contribution is -0.137. The first kappa shape index (κ1) is 19.2. The van der Waals surface area contributed by atoms with E-state index in [0.29, 0.717) is 44.2 Å². The average Bonchev–Trinajstić information content (AvgIpc) is 3.19. The summed E-state index contributed by atoms with van der Waals surface area (Å²) >= 11 is 0. The molecule has 27 heavy (non-hydrogen) atoms. The first-order chi connectivity index (χ1) is 13.0. The van der Waals surface area contributed by atoms with Gasteiger partial charge < -0.3 is 24.5 Å². The van der Waals surface area contributed by atoms with Gasteiger partial charge in [0.1, 0.15) is 5.75 Å². The topological polar surface area (TPSA) is 89.5 Å². The van der Waals surface area contributed by atoms with E-state index in [2.05, 4.69) is 10.5 Å². The standard InChI is InChI=1S/C19H25N3O5/c1-13(2)16-11-17(27-21-16)19(24)20-14-3-5-15(6-4-14)26-12-18(23)22-7-9-25-10-8-22/h3-6,13,17H,7-12H2,1-2H3,(H,20,24). The normalized spacial score (nSPS) is 19.4. The van der Waals surface area contributed by atoms with E-state index in [1.807, 2.05) is 13.8 Å². The molecule has 0 aliphatic carbocycles. The maximum absolute atomic E-state index is 12.3. The molecule has 146 valence electrons. The van der Waals surface area contributed by atoms with Crippen LogP contribution in [0.2, 0.25) is 0 Å². The minimum Gasteiger partial charge on any atom is -0.484 e. The van der Waals surface area contributed by atoms with Gasteiger partial charge in [-0.25, -0.2) is 0 Å². The molecule has 0 spiro atoms. The number of nitrogens with one attached hydrogen (secondary N) is 1. The number of carbonyl (C=O) groups is 2. The molecular weight excluding hydrogens is 350 g/mol. The molecule has 1 atom stereocenters. The molecule has 1 aromatic carbocycles. The number of carbonyl (C=O) groups excluding carboxylic acids is 2. The second-order valence-corrected chi connectivity index (χ2v) is 6.83. The summed E-state index contributed by atoms with van der Waals surface area (Å²) in [6, 6.07) is 6.89. The number of oxime groups is 1. The summed E-state index contributed by atoms with van der Waals surface area (Å²) in [7, 11) is 0. The van der Waals surface area contributed by atoms with Crippen molar-refractivity contribution in [2.24, 2.45) is 11.1 Å². The van der Waals surface area contributed by atoms with Gasteiger partial charge in [0, 0.05) is 25.2 Å². The Balaban J connectivity index is 1.44. The molecule has 1 unspecified atom stereocenters. The molecule has 2 aliphatic rings. The van der Waals surface area contributed by atoms with Gasteiger partial charge in [-0.2, -0.15) is 0 Å². The molecule has 1 aromatic rings. The van der Waals surface area contributed by atoms with Gasteiger partial charge in [0.2, 0.25) is 6.10 Å². The van der Waals surface area contributed by atoms with Crippen LogP contribution in [0.5, 0.6) is 5.75 Å². The Kier molecular flexibility index (Phi) is 6.28. The van der Waals surface area contributed by atoms with Crippen LogP contribution in [0, 0.1) is 5.92 Å². The van der Waals surface area contributed by atoms with Crippen molar-refractivity contribution < 1.29 is 23.9 Å². The lowest BCUT2D eigenvalue weighted by Crippen LogP contribution is -2.42. The lowest BCUT2D eigenvalue weighted by atomic mass is 10.0. The molecular formula is C19H25N3O5. The first-order valence-corrected chi connectivity index (χ1v) is 9.15. The zero-order valence-corrected chi connectivity index (χ0v) is 15.6. The minimum absolute atomic E-state index is 0.0169. The van der Waals surface area contributed by atoms with Crippen molar-refractivity contribution in [3.05, 3.63) is 24.3 Å². The van der Waals surface area contributed by atoms with Crippen LogP contribution in [0.15, 0.2) is 29.4 Å². The van der Waals surface area contributed by atoms with E-state index in [-0.39, 0.29) is 24.3 Å². The summed E-state index contributed by atoms with van der Waals surface area (Å²) in [6.07, 6.45) is -0.0848. The first-order valence-electron chi connectivity index (χ1n) is 9.15. The third kappa shape index (κ3) is 5.19. The highest BCUT2D eigenvalue weighted by Crippen LogP contribution is 2.20. The van der Waals surface area contributed by atoms with E-state index in [1.54, 1.807) is 29.2 Å². The zero-order valence-electron chi connectivity index (χ0n) is 15.6. The number of amides is 2. The smallest absolute Gasteiger partial charge is 0.268 e. The van der Waals surface area contributed by atoms with Gasteiger partial charge in [0.25, 0.3) is 11.8 Å². The third-order valence-electron chi connectivity index (χ3n) is 4.50. The van der Waals surface area contributed by atoms with E-state index in [9.17, 15) is 9.59 Å². The number of morpholine rings is 1. The predicted octanol–water partition coefficient (Wildman–Crippen LogP) is 1.66. The molecule has 2 amide bonds. The van der Waals surface area contributed by atoms with Crippen molar-refractivity contribution in [3.8, 4) is 5.75 Å². The second-order valence-electron chi connectivity index (χ2n) is 6.83. The van der Waals surface area contributed by atoms with Crippen LogP contribution in [-0.2, 0) is 19.2 Å². The maximum Gasteiger partial charge on any atom is 0.268 e. The molecule has 1 fully saturated rings. The molecule has 1 saturated heterocycles. The fourth-order valence-corrected chi connectivity index (χ4v) is 2.78. The Morgan fingerprint density at radius 1 is 1.26 bits per heavy atom. The van der Waals surface area contributed by atoms with Gasteiger partial charge in [-0.1, -0.05) is 19.0 Å². The molecule has 3 rings (SSSR count). The van der Waals surface area contributed by atoms with Crippen molar-refractivity contribution in [1.82, 2.24) is 4.90 Å². The van der Waals surface area contributed by atoms with Gasteiger partial charge in [-0.05, 0) is 30.2 Å². The lowest BCUT2D eigenvalue weighted by Gasteiger charge is -2.26. The highest BCUT2D eigenvalue weighted by atomic mass is 16.6. The van der Waals surface area contributed by atoms with Crippen LogP contribution >= 0.6 is 0 Å². The van der Waals surface area contributed by atoms with E-state index in [4.69, 9.17) is 14.3 Å². The number of anilines is 1. The Hall–Kier alpha value is -2.61. The number of nitrogens with zero attached hydrogens (tertiary/aromatic N) is 2. The monoisotopic (exact) mass is 375 g/mol. The molecule has 0 saturated carbocycles. The number of rotatable bonds is 6. The van der Waals surface area contributed by atoms with Crippen molar-refractivity contribution in [1.29, 1.82) is 0 Å². The second kappa shape index (κ2) is 8.85. The molecule has 8 heteroatoms. The fourth-order valence-electron chi connectivity index (χ4n) is 2.78. The Bertz CT molecular complexity index is 696. The fraction of sp³-hybridized carbons (Fsp3) is 0.526. The maximum atomic E-state index is 12.3. The molecule has 0 aromatic heterocycles. The Morgan fingerprint density at radius 2 is 1.96 bits per heavy atom. The average molecular weight is 375 g/mol. The minimum atomic E-state index is -0.593. The van der Waals surface area contributed by atoms with Gasteiger partial charge in [-0.15, -0.1) is 0 Å². The number of benzene rings is 1. The SMILES string of the molecule is CC(C)C1=NOC(C(=O)Nc2ccc(OCC(=O)N3CCOCC3)cc2)C1. The highest BCUT2D eigenvalue weighted by molar-refractivity contribution is 5.99.